The van der Waals surface area contributed by atoms with Crippen molar-refractivity contribution in [3.63, 3.8) is 0 Å². The highest BCUT2D eigenvalue weighted by molar-refractivity contribution is 5.81. The fourth-order valence-electron chi connectivity index (χ4n) is 2.22. The minimum Gasteiger partial charge on any atom is -0.493 e. The number of benzene rings is 2. The van der Waals surface area contributed by atoms with Crippen molar-refractivity contribution >= 4 is 5.91 Å². The fourth-order valence-corrected chi connectivity index (χ4v) is 2.22. The summed E-state index contributed by atoms with van der Waals surface area (Å²) in [5.74, 6) is 1.71. The molecule has 2 aromatic rings. The molecule has 0 aliphatic heterocycles. The minimum absolute atomic E-state index is 0.141. The molecule has 0 fully saturated rings. The van der Waals surface area contributed by atoms with Gasteiger partial charge in [-0.1, -0.05) is 29.8 Å². The zero-order valence-electron chi connectivity index (χ0n) is 15.1. The third kappa shape index (κ3) is 5.71. The Bertz CT molecular complexity index is 684. The van der Waals surface area contributed by atoms with E-state index in [-0.39, 0.29) is 11.9 Å². The fraction of sp³-hybridized carbons (Fsp3) is 0.350. The molecule has 0 saturated carbocycles. The molecule has 0 aliphatic carbocycles. The Morgan fingerprint density at radius 2 is 1.68 bits per heavy atom. The lowest BCUT2D eigenvalue weighted by Crippen LogP contribution is -2.43. The molecule has 5 heteroatoms. The summed E-state index contributed by atoms with van der Waals surface area (Å²) in [5.41, 5.74) is 1.18. The van der Waals surface area contributed by atoms with Crippen molar-refractivity contribution in [3.05, 3.63) is 54.1 Å². The molecule has 0 spiro atoms. The first-order valence-corrected chi connectivity index (χ1v) is 8.29. The van der Waals surface area contributed by atoms with E-state index in [1.807, 2.05) is 50.2 Å². The van der Waals surface area contributed by atoms with E-state index in [1.54, 1.807) is 26.2 Å². The highest BCUT2D eigenvalue weighted by atomic mass is 16.5. The number of carbonyl (C=O) groups is 1. The standard InChI is InChI=1S/C20H25NO4/c1-14-9-11-17(12-10-14)24-13-15(2)21-20(22)16(3)25-19-8-6-5-7-18(19)23-4/h5-12,15-16H,13H2,1-4H3,(H,21,22)/t15-,16+/m0/s1. The Kier molecular flexibility index (Phi) is 6.69. The molecule has 134 valence electrons. The number of ether oxygens (including phenoxy) is 3. The third-order valence-electron chi connectivity index (χ3n) is 3.65. The average Bonchev–Trinajstić information content (AvgIpc) is 2.61. The highest BCUT2D eigenvalue weighted by Gasteiger charge is 2.18. The van der Waals surface area contributed by atoms with Crippen LogP contribution in [-0.2, 0) is 4.79 Å². The first kappa shape index (κ1) is 18.6. The number of hydrogen-bond acceptors (Lipinski definition) is 4. The predicted octanol–water partition coefficient (Wildman–Crippen LogP) is 3.35. The van der Waals surface area contributed by atoms with Gasteiger partial charge in [0.05, 0.1) is 13.2 Å². The summed E-state index contributed by atoms with van der Waals surface area (Å²) < 4.78 is 16.6. The first-order chi connectivity index (χ1) is 12.0. The summed E-state index contributed by atoms with van der Waals surface area (Å²) in [6.07, 6.45) is -0.641. The van der Waals surface area contributed by atoms with Crippen molar-refractivity contribution in [1.82, 2.24) is 5.32 Å². The van der Waals surface area contributed by atoms with Crippen LogP contribution in [0.2, 0.25) is 0 Å². The number of hydrogen-bond donors (Lipinski definition) is 1. The van der Waals surface area contributed by atoms with Gasteiger partial charge in [0.1, 0.15) is 12.4 Å². The first-order valence-electron chi connectivity index (χ1n) is 8.29. The molecule has 25 heavy (non-hydrogen) atoms. The van der Waals surface area contributed by atoms with E-state index in [0.29, 0.717) is 18.1 Å². The van der Waals surface area contributed by atoms with Crippen LogP contribution in [0, 0.1) is 6.92 Å². The van der Waals surface area contributed by atoms with E-state index >= 15 is 0 Å². The Labute approximate surface area is 148 Å². The maximum atomic E-state index is 12.3. The maximum absolute atomic E-state index is 12.3. The highest BCUT2D eigenvalue weighted by Crippen LogP contribution is 2.26. The Balaban J connectivity index is 1.82. The summed E-state index contributed by atoms with van der Waals surface area (Å²) in [4.78, 5) is 12.3. The van der Waals surface area contributed by atoms with Crippen molar-refractivity contribution in [2.45, 2.75) is 32.9 Å². The van der Waals surface area contributed by atoms with Crippen LogP contribution < -0.4 is 19.5 Å². The molecule has 2 aromatic carbocycles. The lowest BCUT2D eigenvalue weighted by atomic mass is 10.2. The van der Waals surface area contributed by atoms with Gasteiger partial charge in [-0.3, -0.25) is 4.79 Å². The number of amides is 1. The quantitative estimate of drug-likeness (QED) is 0.798. The van der Waals surface area contributed by atoms with Gasteiger partial charge >= 0.3 is 0 Å². The molecule has 0 saturated heterocycles. The number of nitrogens with one attached hydrogen (secondary N) is 1. The Morgan fingerprint density at radius 3 is 2.32 bits per heavy atom. The second-order valence-electron chi connectivity index (χ2n) is 5.94. The molecule has 1 amide bonds. The number of para-hydroxylation sites is 2. The van der Waals surface area contributed by atoms with Gasteiger partial charge in [0.2, 0.25) is 0 Å². The van der Waals surface area contributed by atoms with E-state index in [1.165, 1.54) is 5.56 Å². The predicted molar refractivity (Wildman–Crippen MR) is 97.4 cm³/mol. The van der Waals surface area contributed by atoms with Gasteiger partial charge in [-0.15, -0.1) is 0 Å². The molecule has 2 rings (SSSR count). The van der Waals surface area contributed by atoms with Crippen LogP contribution in [0.15, 0.2) is 48.5 Å². The maximum Gasteiger partial charge on any atom is 0.261 e. The van der Waals surface area contributed by atoms with Crippen LogP contribution in [-0.4, -0.2) is 31.8 Å². The molecule has 0 aromatic heterocycles. The molecule has 0 heterocycles. The van der Waals surface area contributed by atoms with Gasteiger partial charge in [0.25, 0.3) is 5.91 Å². The molecular weight excluding hydrogens is 318 g/mol. The summed E-state index contributed by atoms with van der Waals surface area (Å²) in [6.45, 7) is 6.00. The van der Waals surface area contributed by atoms with Crippen molar-refractivity contribution in [2.75, 3.05) is 13.7 Å². The molecule has 5 nitrogen and oxygen atoms in total. The number of aryl methyl sites for hydroxylation is 1. The normalized spacial score (nSPS) is 12.8. The van der Waals surface area contributed by atoms with Crippen molar-refractivity contribution in [1.29, 1.82) is 0 Å². The zero-order chi connectivity index (χ0) is 18.2. The largest absolute Gasteiger partial charge is 0.493 e. The lowest BCUT2D eigenvalue weighted by molar-refractivity contribution is -0.128. The van der Waals surface area contributed by atoms with E-state index in [0.717, 1.165) is 5.75 Å². The topological polar surface area (TPSA) is 56.8 Å². The summed E-state index contributed by atoms with van der Waals surface area (Å²) in [7, 11) is 1.57. The van der Waals surface area contributed by atoms with Gasteiger partial charge in [-0.2, -0.15) is 0 Å². The lowest BCUT2D eigenvalue weighted by Gasteiger charge is -2.20. The molecule has 1 N–H and O–H groups in total. The molecule has 0 radical (unpaired) electrons. The number of rotatable bonds is 8. The van der Waals surface area contributed by atoms with Crippen LogP contribution in [0.4, 0.5) is 0 Å². The Morgan fingerprint density at radius 1 is 1.04 bits per heavy atom. The minimum atomic E-state index is -0.641. The monoisotopic (exact) mass is 343 g/mol. The van der Waals surface area contributed by atoms with Crippen LogP contribution in [0.25, 0.3) is 0 Å². The smallest absolute Gasteiger partial charge is 0.261 e. The van der Waals surface area contributed by atoms with E-state index in [2.05, 4.69) is 5.32 Å². The van der Waals surface area contributed by atoms with Gasteiger partial charge in [-0.05, 0) is 45.0 Å². The molecule has 0 unspecified atom stereocenters. The van der Waals surface area contributed by atoms with E-state index in [9.17, 15) is 4.79 Å². The molecule has 0 aliphatic rings. The van der Waals surface area contributed by atoms with Crippen molar-refractivity contribution < 1.29 is 19.0 Å². The summed E-state index contributed by atoms with van der Waals surface area (Å²) in [5, 5.41) is 2.89. The van der Waals surface area contributed by atoms with E-state index in [4.69, 9.17) is 14.2 Å². The SMILES string of the molecule is COc1ccccc1O[C@H](C)C(=O)N[C@@H](C)COc1ccc(C)cc1. The summed E-state index contributed by atoms with van der Waals surface area (Å²) in [6, 6.07) is 14.9. The van der Waals surface area contributed by atoms with Crippen LogP contribution in [0.5, 0.6) is 17.2 Å². The van der Waals surface area contributed by atoms with E-state index < -0.39 is 6.10 Å². The van der Waals surface area contributed by atoms with Gasteiger partial charge in [0, 0.05) is 0 Å². The molecule has 2 atom stereocenters. The molecule has 0 bridgehead atoms. The van der Waals surface area contributed by atoms with Crippen LogP contribution >= 0.6 is 0 Å². The third-order valence-corrected chi connectivity index (χ3v) is 3.65. The van der Waals surface area contributed by atoms with Crippen molar-refractivity contribution in [2.24, 2.45) is 0 Å². The zero-order valence-corrected chi connectivity index (χ0v) is 15.1. The van der Waals surface area contributed by atoms with Gasteiger partial charge in [-0.25, -0.2) is 0 Å². The van der Waals surface area contributed by atoms with Crippen molar-refractivity contribution in [3.8, 4) is 17.2 Å². The molecular formula is C20H25NO4. The average molecular weight is 343 g/mol. The van der Waals surface area contributed by atoms with Crippen LogP contribution in [0.1, 0.15) is 19.4 Å². The van der Waals surface area contributed by atoms with Crippen LogP contribution in [0.3, 0.4) is 0 Å². The Hall–Kier alpha value is -2.69. The second-order valence-corrected chi connectivity index (χ2v) is 5.94. The van der Waals surface area contributed by atoms with Gasteiger partial charge in [0.15, 0.2) is 17.6 Å². The second kappa shape index (κ2) is 8.97. The number of methoxy groups -OCH3 is 1. The number of carbonyl (C=O) groups excluding carboxylic acids is 1. The van der Waals surface area contributed by atoms with Gasteiger partial charge < -0.3 is 19.5 Å². The summed E-state index contributed by atoms with van der Waals surface area (Å²) >= 11 is 0.